The minimum Gasteiger partial charge on any atom is -0.465 e. The van der Waals surface area contributed by atoms with E-state index in [2.05, 4.69) is 5.32 Å². The highest BCUT2D eigenvalue weighted by molar-refractivity contribution is 7.80. The lowest BCUT2D eigenvalue weighted by atomic mass is 10.4. The van der Waals surface area contributed by atoms with Crippen LogP contribution in [0.15, 0.2) is 28.9 Å². The number of carbonyl (C=O) groups excluding carboxylic acids is 1. The van der Waals surface area contributed by atoms with Gasteiger partial charge in [-0.25, -0.2) is 0 Å². The molecular formula is C12H14N2O3S. The smallest absolute Gasteiger partial charge is 0.250 e. The number of morpholine rings is 1. The van der Waals surface area contributed by atoms with E-state index in [0.717, 1.165) is 0 Å². The molecule has 1 aromatic rings. The molecule has 0 atom stereocenters. The molecule has 1 saturated heterocycles. The molecule has 18 heavy (non-hydrogen) atoms. The fourth-order valence-electron chi connectivity index (χ4n) is 1.54. The second-order valence-corrected chi connectivity index (χ2v) is 4.13. The highest BCUT2D eigenvalue weighted by Crippen LogP contribution is 2.02. The van der Waals surface area contributed by atoms with Gasteiger partial charge in [-0.3, -0.25) is 10.1 Å². The zero-order valence-electron chi connectivity index (χ0n) is 9.80. The van der Waals surface area contributed by atoms with E-state index >= 15 is 0 Å². The van der Waals surface area contributed by atoms with E-state index < -0.39 is 0 Å². The fourth-order valence-corrected chi connectivity index (χ4v) is 1.82. The van der Waals surface area contributed by atoms with Crippen molar-refractivity contribution in [1.82, 2.24) is 10.2 Å². The topological polar surface area (TPSA) is 54.7 Å². The Morgan fingerprint density at radius 2 is 2.22 bits per heavy atom. The third-order valence-electron chi connectivity index (χ3n) is 2.47. The van der Waals surface area contributed by atoms with Gasteiger partial charge in [0.2, 0.25) is 5.91 Å². The molecule has 1 aliphatic heterocycles. The van der Waals surface area contributed by atoms with Crippen molar-refractivity contribution in [2.75, 3.05) is 26.3 Å². The molecule has 0 saturated carbocycles. The van der Waals surface area contributed by atoms with Crippen LogP contribution in [0.1, 0.15) is 5.76 Å². The van der Waals surface area contributed by atoms with Crippen LogP contribution >= 0.6 is 12.2 Å². The lowest BCUT2D eigenvalue weighted by Gasteiger charge is -2.28. The van der Waals surface area contributed by atoms with Crippen LogP contribution in [0.25, 0.3) is 6.08 Å². The Labute approximate surface area is 110 Å². The van der Waals surface area contributed by atoms with Crippen LogP contribution in [-0.2, 0) is 9.53 Å². The van der Waals surface area contributed by atoms with Crippen molar-refractivity contribution in [2.24, 2.45) is 0 Å². The van der Waals surface area contributed by atoms with Crippen molar-refractivity contribution < 1.29 is 13.9 Å². The number of thiocarbonyl (C=S) groups is 1. The normalized spacial score (nSPS) is 15.9. The van der Waals surface area contributed by atoms with Crippen LogP contribution in [-0.4, -0.2) is 42.2 Å². The SMILES string of the molecule is O=C(C=Cc1ccco1)NC(=S)N1CCOCC1. The molecular weight excluding hydrogens is 252 g/mol. The zero-order chi connectivity index (χ0) is 12.8. The van der Waals surface area contributed by atoms with Gasteiger partial charge in [0.05, 0.1) is 19.5 Å². The summed E-state index contributed by atoms with van der Waals surface area (Å²) in [7, 11) is 0. The van der Waals surface area contributed by atoms with Gasteiger partial charge in [0.25, 0.3) is 0 Å². The van der Waals surface area contributed by atoms with E-state index in [1.807, 2.05) is 4.90 Å². The average Bonchev–Trinajstić information content (AvgIpc) is 2.90. The Balaban J connectivity index is 1.81. The van der Waals surface area contributed by atoms with Crippen molar-refractivity contribution in [2.45, 2.75) is 0 Å². The number of amides is 1. The minimum atomic E-state index is -0.261. The van der Waals surface area contributed by atoms with Gasteiger partial charge in [0.1, 0.15) is 5.76 Å². The number of furan rings is 1. The van der Waals surface area contributed by atoms with Crippen molar-refractivity contribution >= 4 is 29.3 Å². The van der Waals surface area contributed by atoms with Crippen LogP contribution in [0.2, 0.25) is 0 Å². The Kier molecular flexibility index (Phi) is 4.49. The molecule has 1 aromatic heterocycles. The van der Waals surface area contributed by atoms with Gasteiger partial charge in [-0.15, -0.1) is 0 Å². The van der Waals surface area contributed by atoms with Gasteiger partial charge < -0.3 is 14.1 Å². The van der Waals surface area contributed by atoms with Crippen LogP contribution < -0.4 is 5.32 Å². The molecule has 0 aromatic carbocycles. The van der Waals surface area contributed by atoms with Crippen LogP contribution in [0.5, 0.6) is 0 Å². The number of hydrogen-bond donors (Lipinski definition) is 1. The molecule has 2 heterocycles. The number of nitrogens with zero attached hydrogens (tertiary/aromatic N) is 1. The standard InChI is InChI=1S/C12H14N2O3S/c15-11(4-3-10-2-1-7-17-10)13-12(18)14-5-8-16-9-6-14/h1-4,7H,5-6,8-9H2,(H,13,15,18). The maximum Gasteiger partial charge on any atom is 0.250 e. The molecule has 5 nitrogen and oxygen atoms in total. The molecule has 96 valence electrons. The second-order valence-electron chi connectivity index (χ2n) is 3.74. The molecule has 1 fully saturated rings. The van der Waals surface area contributed by atoms with Gasteiger partial charge in [-0.1, -0.05) is 0 Å². The number of ether oxygens (including phenoxy) is 1. The van der Waals surface area contributed by atoms with E-state index in [0.29, 0.717) is 37.2 Å². The lowest BCUT2D eigenvalue weighted by Crippen LogP contribution is -2.47. The third kappa shape index (κ3) is 3.68. The quantitative estimate of drug-likeness (QED) is 0.640. The predicted octanol–water partition coefficient (Wildman–Crippen LogP) is 1.03. The predicted molar refractivity (Wildman–Crippen MR) is 70.9 cm³/mol. The molecule has 0 aliphatic carbocycles. The van der Waals surface area contributed by atoms with Crippen LogP contribution in [0, 0.1) is 0 Å². The summed E-state index contributed by atoms with van der Waals surface area (Å²) in [6, 6.07) is 3.53. The Morgan fingerprint density at radius 1 is 1.44 bits per heavy atom. The Hall–Kier alpha value is -1.66. The largest absolute Gasteiger partial charge is 0.465 e. The van der Waals surface area contributed by atoms with Gasteiger partial charge in [-0.05, 0) is 30.4 Å². The maximum absolute atomic E-state index is 11.6. The molecule has 0 unspecified atom stereocenters. The van der Waals surface area contributed by atoms with Gasteiger partial charge >= 0.3 is 0 Å². The number of carbonyl (C=O) groups is 1. The summed E-state index contributed by atoms with van der Waals surface area (Å²) >= 11 is 5.15. The third-order valence-corrected chi connectivity index (χ3v) is 2.83. The summed E-state index contributed by atoms with van der Waals surface area (Å²) in [6.45, 7) is 2.69. The summed E-state index contributed by atoms with van der Waals surface area (Å²) in [6.07, 6.45) is 4.54. The van der Waals surface area contributed by atoms with Crippen molar-refractivity contribution in [3.05, 3.63) is 30.2 Å². The number of rotatable bonds is 2. The van der Waals surface area contributed by atoms with Crippen LogP contribution in [0.3, 0.4) is 0 Å². The summed E-state index contributed by atoms with van der Waals surface area (Å²) in [5, 5.41) is 3.08. The molecule has 1 N–H and O–H groups in total. The highest BCUT2D eigenvalue weighted by Gasteiger charge is 2.14. The monoisotopic (exact) mass is 266 g/mol. The lowest BCUT2D eigenvalue weighted by molar-refractivity contribution is -0.115. The molecule has 6 heteroatoms. The first-order valence-electron chi connectivity index (χ1n) is 5.65. The fraction of sp³-hybridized carbons (Fsp3) is 0.333. The molecule has 0 spiro atoms. The van der Waals surface area contributed by atoms with E-state index in [1.54, 1.807) is 24.5 Å². The van der Waals surface area contributed by atoms with Gasteiger partial charge in [0.15, 0.2) is 5.11 Å². The van der Waals surface area contributed by atoms with Crippen LogP contribution in [0.4, 0.5) is 0 Å². The summed E-state index contributed by atoms with van der Waals surface area (Å²) in [5.74, 6) is 0.366. The highest BCUT2D eigenvalue weighted by atomic mass is 32.1. The summed E-state index contributed by atoms with van der Waals surface area (Å²) < 4.78 is 10.3. The van der Waals surface area contributed by atoms with Gasteiger partial charge in [0, 0.05) is 19.2 Å². The molecule has 1 aliphatic rings. The first-order chi connectivity index (χ1) is 8.75. The van der Waals surface area contributed by atoms with Crippen molar-refractivity contribution in [3.63, 3.8) is 0 Å². The van der Waals surface area contributed by atoms with E-state index in [1.165, 1.54) is 6.08 Å². The van der Waals surface area contributed by atoms with Crippen molar-refractivity contribution in [1.29, 1.82) is 0 Å². The van der Waals surface area contributed by atoms with Crippen molar-refractivity contribution in [3.8, 4) is 0 Å². The molecule has 2 rings (SSSR count). The van der Waals surface area contributed by atoms with Gasteiger partial charge in [-0.2, -0.15) is 0 Å². The Morgan fingerprint density at radius 3 is 2.89 bits per heavy atom. The number of nitrogens with one attached hydrogen (secondary N) is 1. The second kappa shape index (κ2) is 6.32. The molecule has 0 bridgehead atoms. The molecule has 1 amide bonds. The average molecular weight is 266 g/mol. The number of hydrogen-bond acceptors (Lipinski definition) is 4. The van der Waals surface area contributed by atoms with E-state index in [9.17, 15) is 4.79 Å². The zero-order valence-corrected chi connectivity index (χ0v) is 10.6. The Bertz CT molecular complexity index is 436. The summed E-state index contributed by atoms with van der Waals surface area (Å²) in [5.41, 5.74) is 0. The van der Waals surface area contributed by atoms with E-state index in [-0.39, 0.29) is 5.91 Å². The minimum absolute atomic E-state index is 0.261. The first-order valence-corrected chi connectivity index (χ1v) is 6.06. The van der Waals surface area contributed by atoms with E-state index in [4.69, 9.17) is 21.4 Å². The summed E-state index contributed by atoms with van der Waals surface area (Å²) in [4.78, 5) is 13.5. The first kappa shape index (κ1) is 12.8. The maximum atomic E-state index is 11.6. The molecule has 0 radical (unpaired) electrons.